The second-order valence-electron chi connectivity index (χ2n) is 7.10. The topological polar surface area (TPSA) is 41.5 Å². The molecule has 158 valence electrons. The van der Waals surface area contributed by atoms with Crippen LogP contribution >= 0.6 is 11.8 Å². The first-order valence-corrected chi connectivity index (χ1v) is 10.4. The largest absolute Gasteiger partial charge is 0.393 e. The fourth-order valence-corrected chi connectivity index (χ4v) is 4.63. The van der Waals surface area contributed by atoms with Gasteiger partial charge in [0.05, 0.1) is 12.7 Å². The van der Waals surface area contributed by atoms with E-state index in [0.717, 1.165) is 43.4 Å². The molecular weight excluding hydrogens is 406 g/mol. The second kappa shape index (κ2) is 10.3. The standard InChI is InChI=1S/C21H23F4NO2S/c22-17-6-5-13(7-20(17)29-16-4-2-1-3-15(27)10-16)11-28-12-26-14-8-18(23)21(25)19(24)9-14/h5-9,15-16,26-27H,1-4,10-12H2/t15-,16?/m1/s1. The van der Waals surface area contributed by atoms with Gasteiger partial charge in [-0.05, 0) is 37.0 Å². The number of hydrogen-bond acceptors (Lipinski definition) is 4. The molecule has 2 aromatic rings. The van der Waals surface area contributed by atoms with E-state index in [-0.39, 0.29) is 36.2 Å². The molecule has 8 heteroatoms. The van der Waals surface area contributed by atoms with Gasteiger partial charge in [-0.1, -0.05) is 18.9 Å². The van der Waals surface area contributed by atoms with Gasteiger partial charge in [-0.15, -0.1) is 11.8 Å². The predicted molar refractivity (Wildman–Crippen MR) is 105 cm³/mol. The van der Waals surface area contributed by atoms with E-state index in [0.29, 0.717) is 11.3 Å². The molecule has 0 aromatic heterocycles. The van der Waals surface area contributed by atoms with Gasteiger partial charge in [0, 0.05) is 28.0 Å². The monoisotopic (exact) mass is 429 g/mol. The number of nitrogens with one attached hydrogen (secondary N) is 1. The minimum atomic E-state index is -1.52. The van der Waals surface area contributed by atoms with Gasteiger partial charge in [-0.2, -0.15) is 0 Å². The van der Waals surface area contributed by atoms with E-state index in [1.165, 1.54) is 17.8 Å². The number of aliphatic hydroxyl groups excluding tert-OH is 1. The first-order valence-electron chi connectivity index (χ1n) is 9.51. The third-order valence-corrected chi connectivity index (χ3v) is 6.10. The van der Waals surface area contributed by atoms with Crippen molar-refractivity contribution in [1.82, 2.24) is 0 Å². The maximum Gasteiger partial charge on any atom is 0.194 e. The maximum absolute atomic E-state index is 14.2. The molecule has 0 radical (unpaired) electrons. The zero-order valence-corrected chi connectivity index (χ0v) is 16.6. The van der Waals surface area contributed by atoms with Crippen molar-refractivity contribution in [2.45, 2.75) is 55.0 Å². The van der Waals surface area contributed by atoms with Gasteiger partial charge < -0.3 is 15.2 Å². The van der Waals surface area contributed by atoms with E-state index in [2.05, 4.69) is 5.32 Å². The van der Waals surface area contributed by atoms with Gasteiger partial charge in [0.25, 0.3) is 0 Å². The molecular formula is C21H23F4NO2S. The number of aliphatic hydroxyl groups is 1. The molecule has 1 saturated carbocycles. The van der Waals surface area contributed by atoms with Crippen molar-refractivity contribution in [2.75, 3.05) is 12.0 Å². The summed E-state index contributed by atoms with van der Waals surface area (Å²) in [6.07, 6.45) is 4.06. The molecule has 0 saturated heterocycles. The van der Waals surface area contributed by atoms with Gasteiger partial charge in [0.2, 0.25) is 0 Å². The molecule has 0 amide bonds. The lowest BCUT2D eigenvalue weighted by Crippen LogP contribution is -2.12. The van der Waals surface area contributed by atoms with Gasteiger partial charge in [-0.3, -0.25) is 0 Å². The van der Waals surface area contributed by atoms with E-state index < -0.39 is 17.5 Å². The van der Waals surface area contributed by atoms with Crippen molar-refractivity contribution in [2.24, 2.45) is 0 Å². The molecule has 2 aromatic carbocycles. The third-order valence-electron chi connectivity index (χ3n) is 4.77. The fourth-order valence-electron chi connectivity index (χ4n) is 3.27. The number of hydrogen-bond donors (Lipinski definition) is 2. The van der Waals surface area contributed by atoms with Gasteiger partial charge >= 0.3 is 0 Å². The number of halogens is 4. The Morgan fingerprint density at radius 2 is 1.72 bits per heavy atom. The molecule has 3 nitrogen and oxygen atoms in total. The van der Waals surface area contributed by atoms with Crippen LogP contribution in [0.3, 0.4) is 0 Å². The first-order chi connectivity index (χ1) is 13.9. The van der Waals surface area contributed by atoms with Crippen LogP contribution in [-0.2, 0) is 11.3 Å². The molecule has 1 fully saturated rings. The average molecular weight is 429 g/mol. The lowest BCUT2D eigenvalue weighted by atomic mass is 10.2. The van der Waals surface area contributed by atoms with Crippen molar-refractivity contribution in [3.63, 3.8) is 0 Å². The van der Waals surface area contributed by atoms with Gasteiger partial charge in [-0.25, -0.2) is 17.6 Å². The fraction of sp³-hybridized carbons (Fsp3) is 0.429. The molecule has 2 N–H and O–H groups in total. The van der Waals surface area contributed by atoms with Crippen molar-refractivity contribution < 1.29 is 27.4 Å². The van der Waals surface area contributed by atoms with E-state index in [1.807, 2.05) is 0 Å². The Hall–Kier alpha value is -1.77. The maximum atomic E-state index is 14.2. The molecule has 0 bridgehead atoms. The minimum Gasteiger partial charge on any atom is -0.393 e. The molecule has 29 heavy (non-hydrogen) atoms. The molecule has 0 spiro atoms. The van der Waals surface area contributed by atoms with Gasteiger partial charge in [0.15, 0.2) is 17.5 Å². The summed E-state index contributed by atoms with van der Waals surface area (Å²) in [7, 11) is 0. The van der Waals surface area contributed by atoms with E-state index >= 15 is 0 Å². The molecule has 0 heterocycles. The van der Waals surface area contributed by atoms with E-state index in [1.54, 1.807) is 12.1 Å². The summed E-state index contributed by atoms with van der Waals surface area (Å²) in [5.41, 5.74) is 0.810. The van der Waals surface area contributed by atoms with Crippen molar-refractivity contribution in [3.8, 4) is 0 Å². The minimum absolute atomic E-state index is 0.0564. The molecule has 1 aliphatic rings. The summed E-state index contributed by atoms with van der Waals surface area (Å²) >= 11 is 1.44. The average Bonchev–Trinajstić information content (AvgIpc) is 2.89. The van der Waals surface area contributed by atoms with Crippen molar-refractivity contribution >= 4 is 17.4 Å². The number of anilines is 1. The Morgan fingerprint density at radius 3 is 2.48 bits per heavy atom. The van der Waals surface area contributed by atoms with Gasteiger partial charge in [0.1, 0.15) is 12.5 Å². The highest BCUT2D eigenvalue weighted by Gasteiger charge is 2.20. The molecule has 1 unspecified atom stereocenters. The Kier molecular flexibility index (Phi) is 7.80. The van der Waals surface area contributed by atoms with Crippen LogP contribution in [0.15, 0.2) is 35.2 Å². The van der Waals surface area contributed by atoms with Crippen LogP contribution in [0.2, 0.25) is 0 Å². The second-order valence-corrected chi connectivity index (χ2v) is 8.44. The van der Waals surface area contributed by atoms with Crippen LogP contribution in [0.4, 0.5) is 23.2 Å². The molecule has 0 aliphatic heterocycles. The summed E-state index contributed by atoms with van der Waals surface area (Å²) in [5.74, 6) is -4.39. The van der Waals surface area contributed by atoms with Crippen LogP contribution in [0.5, 0.6) is 0 Å². The van der Waals surface area contributed by atoms with E-state index in [4.69, 9.17) is 4.74 Å². The summed E-state index contributed by atoms with van der Waals surface area (Å²) in [4.78, 5) is 0.515. The first kappa shape index (κ1) is 21.9. The highest BCUT2D eigenvalue weighted by molar-refractivity contribution is 8.00. The Labute approximate surface area is 171 Å². The van der Waals surface area contributed by atoms with Crippen LogP contribution in [0.1, 0.15) is 37.7 Å². The molecule has 1 aliphatic carbocycles. The summed E-state index contributed by atoms with van der Waals surface area (Å²) in [6.45, 7) is 0.111. The number of benzene rings is 2. The quantitative estimate of drug-likeness (QED) is 0.197. The highest BCUT2D eigenvalue weighted by Crippen LogP contribution is 2.34. The SMILES string of the molecule is O[C@@H]1CCCCC(Sc2cc(COCNc3cc(F)c(F)c(F)c3)ccc2F)C1. The van der Waals surface area contributed by atoms with Crippen LogP contribution < -0.4 is 5.32 Å². The number of thioether (sulfide) groups is 1. The van der Waals surface area contributed by atoms with Crippen molar-refractivity contribution in [1.29, 1.82) is 0 Å². The zero-order valence-electron chi connectivity index (χ0n) is 15.8. The lowest BCUT2D eigenvalue weighted by Gasteiger charge is -2.17. The van der Waals surface area contributed by atoms with E-state index in [9.17, 15) is 22.7 Å². The van der Waals surface area contributed by atoms with Crippen molar-refractivity contribution in [3.05, 3.63) is 59.2 Å². The highest BCUT2D eigenvalue weighted by atomic mass is 32.2. The lowest BCUT2D eigenvalue weighted by molar-refractivity contribution is 0.138. The summed E-state index contributed by atoms with van der Waals surface area (Å²) in [5, 5.41) is 12.8. The number of ether oxygens (including phenoxy) is 1. The summed E-state index contributed by atoms with van der Waals surface area (Å²) in [6, 6.07) is 6.39. The zero-order chi connectivity index (χ0) is 20.8. The smallest absolute Gasteiger partial charge is 0.194 e. The Bertz CT molecular complexity index is 813. The van der Waals surface area contributed by atoms with Crippen LogP contribution in [-0.4, -0.2) is 23.2 Å². The molecule has 3 rings (SSSR count). The molecule has 2 atom stereocenters. The third kappa shape index (κ3) is 6.35. The predicted octanol–water partition coefficient (Wildman–Crippen LogP) is 5.61. The van der Waals surface area contributed by atoms with Crippen LogP contribution in [0.25, 0.3) is 0 Å². The summed E-state index contributed by atoms with van der Waals surface area (Å²) < 4.78 is 59.0. The Balaban J connectivity index is 1.53. The normalized spacial score (nSPS) is 19.8. The Morgan fingerprint density at radius 1 is 1.00 bits per heavy atom. The number of rotatable bonds is 7. The van der Waals surface area contributed by atoms with Crippen LogP contribution in [0, 0.1) is 23.3 Å².